The van der Waals surface area contributed by atoms with Gasteiger partial charge in [-0.1, -0.05) is 17.7 Å². The third-order valence-corrected chi connectivity index (χ3v) is 4.95. The van der Waals surface area contributed by atoms with Gasteiger partial charge in [0.1, 0.15) is 0 Å². The Kier molecular flexibility index (Phi) is 6.27. The van der Waals surface area contributed by atoms with Gasteiger partial charge in [0, 0.05) is 23.7 Å². The number of alkyl halides is 3. The Morgan fingerprint density at radius 3 is 2.35 bits per heavy atom. The molecule has 2 rings (SSSR count). The van der Waals surface area contributed by atoms with E-state index in [1.807, 2.05) is 0 Å². The standard InChI is InChI=1S/C16H14ClF3N2O3S/c17-12-4-6-13(7-5-12)22-15(23)8-9-21-26(24,25)14-3-1-2-11(10-14)16(18,19)20/h1-7,10,21H,8-9H2,(H,22,23). The maximum atomic E-state index is 12.7. The van der Waals surface area contributed by atoms with Crippen molar-refractivity contribution in [3.05, 3.63) is 59.1 Å². The molecule has 0 aliphatic carbocycles. The summed E-state index contributed by atoms with van der Waals surface area (Å²) < 4.78 is 64.2. The first-order valence-corrected chi connectivity index (χ1v) is 9.16. The molecule has 2 aromatic carbocycles. The van der Waals surface area contributed by atoms with Crippen LogP contribution in [0.25, 0.3) is 0 Å². The van der Waals surface area contributed by atoms with E-state index in [4.69, 9.17) is 11.6 Å². The van der Waals surface area contributed by atoms with E-state index in [2.05, 4.69) is 10.0 Å². The summed E-state index contributed by atoms with van der Waals surface area (Å²) in [4.78, 5) is 11.3. The van der Waals surface area contributed by atoms with E-state index in [0.717, 1.165) is 18.2 Å². The van der Waals surface area contributed by atoms with E-state index < -0.39 is 32.6 Å². The molecule has 0 unspecified atom stereocenters. The van der Waals surface area contributed by atoms with Crippen molar-refractivity contribution in [2.45, 2.75) is 17.5 Å². The number of anilines is 1. The van der Waals surface area contributed by atoms with Crippen molar-refractivity contribution in [3.63, 3.8) is 0 Å². The first-order chi connectivity index (χ1) is 12.1. The molecular weight excluding hydrogens is 393 g/mol. The van der Waals surface area contributed by atoms with E-state index in [-0.39, 0.29) is 13.0 Å². The van der Waals surface area contributed by atoms with Crippen LogP contribution in [-0.2, 0) is 21.0 Å². The highest BCUT2D eigenvalue weighted by Gasteiger charge is 2.31. The van der Waals surface area contributed by atoms with Gasteiger partial charge in [-0.15, -0.1) is 0 Å². The zero-order chi connectivity index (χ0) is 19.4. The molecule has 0 bridgehead atoms. The van der Waals surface area contributed by atoms with Crippen molar-refractivity contribution in [1.29, 1.82) is 0 Å². The van der Waals surface area contributed by atoms with Gasteiger partial charge in [0.15, 0.2) is 0 Å². The molecule has 0 radical (unpaired) electrons. The molecule has 0 aromatic heterocycles. The van der Waals surface area contributed by atoms with Crippen molar-refractivity contribution in [2.75, 3.05) is 11.9 Å². The van der Waals surface area contributed by atoms with Crippen LogP contribution in [-0.4, -0.2) is 20.9 Å². The SMILES string of the molecule is O=C(CCNS(=O)(=O)c1cccc(C(F)(F)F)c1)Nc1ccc(Cl)cc1. The van der Waals surface area contributed by atoms with Gasteiger partial charge in [-0.2, -0.15) is 13.2 Å². The van der Waals surface area contributed by atoms with Gasteiger partial charge in [-0.3, -0.25) is 4.79 Å². The molecule has 0 spiro atoms. The third-order valence-electron chi connectivity index (χ3n) is 3.24. The number of hydrogen-bond donors (Lipinski definition) is 2. The predicted molar refractivity (Wildman–Crippen MR) is 91.3 cm³/mol. The van der Waals surface area contributed by atoms with E-state index in [9.17, 15) is 26.4 Å². The van der Waals surface area contributed by atoms with E-state index >= 15 is 0 Å². The molecule has 26 heavy (non-hydrogen) atoms. The molecule has 2 N–H and O–H groups in total. The smallest absolute Gasteiger partial charge is 0.326 e. The molecule has 5 nitrogen and oxygen atoms in total. The second-order valence-electron chi connectivity index (χ2n) is 5.23. The van der Waals surface area contributed by atoms with Gasteiger partial charge >= 0.3 is 6.18 Å². The molecule has 0 aliphatic rings. The largest absolute Gasteiger partial charge is 0.416 e. The first kappa shape index (κ1) is 20.2. The van der Waals surface area contributed by atoms with Crippen molar-refractivity contribution in [2.24, 2.45) is 0 Å². The summed E-state index contributed by atoms with van der Waals surface area (Å²) >= 11 is 5.72. The number of hydrogen-bond acceptors (Lipinski definition) is 3. The zero-order valence-corrected chi connectivity index (χ0v) is 14.8. The zero-order valence-electron chi connectivity index (χ0n) is 13.2. The molecule has 140 valence electrons. The molecule has 10 heteroatoms. The number of rotatable bonds is 6. The topological polar surface area (TPSA) is 75.3 Å². The fourth-order valence-electron chi connectivity index (χ4n) is 1.98. The van der Waals surface area contributed by atoms with Gasteiger partial charge in [-0.25, -0.2) is 13.1 Å². The highest BCUT2D eigenvalue weighted by Crippen LogP contribution is 2.30. The Balaban J connectivity index is 1.94. The van der Waals surface area contributed by atoms with E-state index in [0.29, 0.717) is 16.8 Å². The van der Waals surface area contributed by atoms with Crippen LogP contribution in [0.15, 0.2) is 53.4 Å². The van der Waals surface area contributed by atoms with Crippen molar-refractivity contribution in [1.82, 2.24) is 4.72 Å². The molecule has 0 aliphatic heterocycles. The highest BCUT2D eigenvalue weighted by molar-refractivity contribution is 7.89. The Bertz CT molecular complexity index is 884. The quantitative estimate of drug-likeness (QED) is 0.768. The van der Waals surface area contributed by atoms with Gasteiger partial charge in [0.2, 0.25) is 15.9 Å². The minimum absolute atomic E-state index is 0.194. The van der Waals surface area contributed by atoms with Crippen molar-refractivity contribution >= 4 is 33.2 Å². The van der Waals surface area contributed by atoms with E-state index in [1.54, 1.807) is 24.3 Å². The van der Waals surface area contributed by atoms with Crippen molar-refractivity contribution < 1.29 is 26.4 Å². The lowest BCUT2D eigenvalue weighted by Gasteiger charge is -2.10. The fourth-order valence-corrected chi connectivity index (χ4v) is 3.18. The number of amides is 1. The number of carbonyl (C=O) groups excluding carboxylic acids is 1. The molecule has 2 aromatic rings. The molecule has 0 heterocycles. The van der Waals surface area contributed by atoms with Crippen LogP contribution < -0.4 is 10.0 Å². The fraction of sp³-hybridized carbons (Fsp3) is 0.188. The number of benzene rings is 2. The summed E-state index contributed by atoms with van der Waals surface area (Å²) in [6.07, 6.45) is -4.84. The summed E-state index contributed by atoms with van der Waals surface area (Å²) in [5, 5.41) is 3.04. The number of nitrogens with one attached hydrogen (secondary N) is 2. The molecule has 0 atom stereocenters. The Morgan fingerprint density at radius 1 is 1.08 bits per heavy atom. The van der Waals surface area contributed by atoms with Crippen LogP contribution in [0.5, 0.6) is 0 Å². The summed E-state index contributed by atoms with van der Waals surface area (Å²) in [6, 6.07) is 9.67. The molecule has 0 saturated heterocycles. The van der Waals surface area contributed by atoms with Crippen LogP contribution in [0.1, 0.15) is 12.0 Å². The summed E-state index contributed by atoms with van der Waals surface area (Å²) in [7, 11) is -4.16. The van der Waals surface area contributed by atoms with E-state index in [1.165, 1.54) is 0 Å². The highest BCUT2D eigenvalue weighted by atomic mass is 35.5. The van der Waals surface area contributed by atoms with Crippen LogP contribution in [0.4, 0.5) is 18.9 Å². The molecule has 0 fully saturated rings. The second-order valence-corrected chi connectivity index (χ2v) is 7.43. The monoisotopic (exact) mass is 406 g/mol. The average molecular weight is 407 g/mol. The minimum atomic E-state index is -4.65. The maximum absolute atomic E-state index is 12.7. The lowest BCUT2D eigenvalue weighted by atomic mass is 10.2. The maximum Gasteiger partial charge on any atom is 0.416 e. The summed E-state index contributed by atoms with van der Waals surface area (Å²) in [5.74, 6) is -0.459. The Labute approximate surface area is 153 Å². The predicted octanol–water partition coefficient (Wildman–Crippen LogP) is 3.67. The minimum Gasteiger partial charge on any atom is -0.326 e. The van der Waals surface area contributed by atoms with Gasteiger partial charge in [0.05, 0.1) is 10.5 Å². The number of carbonyl (C=O) groups is 1. The number of halogens is 4. The average Bonchev–Trinajstić information content (AvgIpc) is 2.56. The van der Waals surface area contributed by atoms with Crippen LogP contribution >= 0.6 is 11.6 Å². The van der Waals surface area contributed by atoms with Gasteiger partial charge < -0.3 is 5.32 Å². The summed E-state index contributed by atoms with van der Waals surface area (Å²) in [6.45, 7) is -0.266. The third kappa shape index (κ3) is 5.72. The lowest BCUT2D eigenvalue weighted by molar-refractivity contribution is -0.137. The van der Waals surface area contributed by atoms with Gasteiger partial charge in [0.25, 0.3) is 0 Å². The van der Waals surface area contributed by atoms with Crippen molar-refractivity contribution in [3.8, 4) is 0 Å². The van der Waals surface area contributed by atoms with Crippen LogP contribution in [0.2, 0.25) is 5.02 Å². The van der Waals surface area contributed by atoms with Crippen LogP contribution in [0, 0.1) is 0 Å². The molecular formula is C16H14ClF3N2O3S. The van der Waals surface area contributed by atoms with Crippen LogP contribution in [0.3, 0.4) is 0 Å². The first-order valence-electron chi connectivity index (χ1n) is 7.30. The lowest BCUT2D eigenvalue weighted by Crippen LogP contribution is -2.28. The summed E-state index contributed by atoms with van der Waals surface area (Å²) in [5.41, 5.74) is -0.582. The normalized spacial score (nSPS) is 12.0. The Morgan fingerprint density at radius 2 is 1.73 bits per heavy atom. The molecule has 1 amide bonds. The van der Waals surface area contributed by atoms with Gasteiger partial charge in [-0.05, 0) is 42.5 Å². The number of sulfonamides is 1. The molecule has 0 saturated carbocycles. The second kappa shape index (κ2) is 8.07. The Hall–Kier alpha value is -2.10.